The third kappa shape index (κ3) is 2.94. The van der Waals surface area contributed by atoms with Crippen LogP contribution in [-0.4, -0.2) is 27.8 Å². The molecule has 1 fully saturated rings. The van der Waals surface area contributed by atoms with Gasteiger partial charge in [-0.1, -0.05) is 18.2 Å². The van der Waals surface area contributed by atoms with E-state index in [-0.39, 0.29) is 11.5 Å². The number of aromatic nitrogens is 2. The van der Waals surface area contributed by atoms with E-state index >= 15 is 0 Å². The fraction of sp³-hybridized carbons (Fsp3) is 0.333. The molecule has 0 aliphatic heterocycles. The van der Waals surface area contributed by atoms with Crippen LogP contribution in [0.1, 0.15) is 36.0 Å². The molecule has 8 heteroatoms. The van der Waals surface area contributed by atoms with E-state index < -0.39 is 18.5 Å². The Hall–Kier alpha value is -2.48. The fourth-order valence-corrected chi connectivity index (χ4v) is 3.27. The maximum Gasteiger partial charge on any atom is 0.418 e. The number of nitrogens with zero attached hydrogens (tertiary/aromatic N) is 2. The number of hydrogen-bond donors (Lipinski definition) is 1. The molecule has 1 aromatic heterocycles. The number of fused-ring (bicyclic) bond motifs is 1. The quantitative estimate of drug-likeness (QED) is 0.683. The van der Waals surface area contributed by atoms with Crippen LogP contribution >= 0.6 is 0 Å². The lowest BCUT2D eigenvalue weighted by Gasteiger charge is -2.30. The second kappa shape index (κ2) is 6.05. The number of alkyl halides is 4. The highest BCUT2D eigenvalue weighted by molar-refractivity contribution is 5.84. The summed E-state index contributed by atoms with van der Waals surface area (Å²) in [5.74, 6) is -0.0247. The minimum Gasteiger partial charge on any atom is -0.379 e. The Morgan fingerprint density at radius 1 is 1.08 bits per heavy atom. The van der Waals surface area contributed by atoms with Gasteiger partial charge in [0.05, 0.1) is 0 Å². The Morgan fingerprint density at radius 3 is 2.54 bits per heavy atom. The summed E-state index contributed by atoms with van der Waals surface area (Å²) >= 11 is 0. The van der Waals surface area contributed by atoms with Gasteiger partial charge in [-0.3, -0.25) is 0 Å². The molecule has 1 aliphatic carbocycles. The zero-order chi connectivity index (χ0) is 18.5. The first-order chi connectivity index (χ1) is 12.3. The highest BCUT2D eigenvalue weighted by Gasteiger charge is 2.39. The van der Waals surface area contributed by atoms with Crippen molar-refractivity contribution in [3.63, 3.8) is 0 Å². The molecule has 0 radical (unpaired) electrons. The van der Waals surface area contributed by atoms with E-state index in [4.69, 9.17) is 4.63 Å². The van der Waals surface area contributed by atoms with Crippen LogP contribution in [0.15, 0.2) is 41.0 Å². The molecule has 2 aromatic carbocycles. The molecule has 1 N–H and O–H groups in total. The van der Waals surface area contributed by atoms with Crippen molar-refractivity contribution in [1.29, 1.82) is 0 Å². The first-order valence-electron chi connectivity index (χ1n) is 8.08. The molecule has 0 bridgehead atoms. The van der Waals surface area contributed by atoms with Gasteiger partial charge in [-0.25, -0.2) is 9.02 Å². The first-order valence-corrected chi connectivity index (χ1v) is 8.08. The van der Waals surface area contributed by atoms with E-state index in [0.29, 0.717) is 35.0 Å². The normalized spacial score (nSPS) is 21.6. The molecule has 0 spiro atoms. The minimum absolute atomic E-state index is 0.0247. The molecule has 1 heterocycles. The van der Waals surface area contributed by atoms with Gasteiger partial charge >= 0.3 is 6.18 Å². The van der Waals surface area contributed by atoms with Crippen LogP contribution in [0, 0.1) is 0 Å². The van der Waals surface area contributed by atoms with Crippen molar-refractivity contribution >= 4 is 11.0 Å². The summed E-state index contributed by atoms with van der Waals surface area (Å²) < 4.78 is 56.4. The molecule has 136 valence electrons. The maximum atomic E-state index is 13.3. The minimum atomic E-state index is -4.74. The number of rotatable bonds is 3. The summed E-state index contributed by atoms with van der Waals surface area (Å²) in [7, 11) is 0. The maximum absolute atomic E-state index is 13.3. The molecular weight excluding hydrogens is 352 g/mol. The molecule has 3 aromatic rings. The summed E-state index contributed by atoms with van der Waals surface area (Å²) in [5, 5.41) is 17.2. The lowest BCUT2D eigenvalue weighted by Crippen LogP contribution is -2.23. The van der Waals surface area contributed by atoms with Crippen LogP contribution in [0.4, 0.5) is 17.6 Å². The van der Waals surface area contributed by atoms with Gasteiger partial charge in [-0.15, -0.1) is 0 Å². The van der Waals surface area contributed by atoms with Crippen molar-refractivity contribution in [1.82, 2.24) is 10.3 Å². The van der Waals surface area contributed by atoms with Crippen molar-refractivity contribution in [3.05, 3.63) is 47.5 Å². The Labute approximate surface area is 145 Å². The van der Waals surface area contributed by atoms with Crippen LogP contribution in [0.3, 0.4) is 0 Å². The predicted octanol–water partition coefficient (Wildman–Crippen LogP) is 4.70. The van der Waals surface area contributed by atoms with E-state index in [2.05, 4.69) is 10.3 Å². The first kappa shape index (κ1) is 17.0. The molecule has 4 nitrogen and oxygen atoms in total. The zero-order valence-electron chi connectivity index (χ0n) is 13.4. The highest BCUT2D eigenvalue weighted by atomic mass is 19.4. The highest BCUT2D eigenvalue weighted by Crippen LogP contribution is 2.43. The molecule has 4 rings (SSSR count). The van der Waals surface area contributed by atoms with Gasteiger partial charge in [0, 0.05) is 0 Å². The smallest absolute Gasteiger partial charge is 0.379 e. The van der Waals surface area contributed by atoms with Crippen molar-refractivity contribution in [2.45, 2.75) is 37.2 Å². The van der Waals surface area contributed by atoms with Crippen molar-refractivity contribution in [3.8, 4) is 11.1 Å². The number of benzene rings is 2. The molecule has 1 unspecified atom stereocenters. The molecule has 26 heavy (non-hydrogen) atoms. The molecular formula is C18H14F4N2O2. The number of halogens is 4. The summed E-state index contributed by atoms with van der Waals surface area (Å²) in [6.07, 6.45) is -7.41. The van der Waals surface area contributed by atoms with E-state index in [1.807, 2.05) is 0 Å². The van der Waals surface area contributed by atoms with Gasteiger partial charge in [-0.2, -0.15) is 13.2 Å². The monoisotopic (exact) mass is 366 g/mol. The van der Waals surface area contributed by atoms with Gasteiger partial charge in [-0.05, 0) is 69.5 Å². The predicted molar refractivity (Wildman–Crippen MR) is 85.1 cm³/mol. The average molecular weight is 366 g/mol. The van der Waals surface area contributed by atoms with E-state index in [9.17, 15) is 22.7 Å². The summed E-state index contributed by atoms with van der Waals surface area (Å²) in [4.78, 5) is 0. The molecule has 0 saturated heterocycles. The summed E-state index contributed by atoms with van der Waals surface area (Å²) in [6.45, 7) is 0. The number of aliphatic hydroxyl groups excluding tert-OH is 1. The second-order valence-electron chi connectivity index (χ2n) is 6.53. The van der Waals surface area contributed by atoms with Gasteiger partial charge in [0.15, 0.2) is 6.10 Å². The largest absolute Gasteiger partial charge is 0.418 e. The average Bonchev–Trinajstić information content (AvgIpc) is 3.05. The zero-order valence-corrected chi connectivity index (χ0v) is 13.4. The Kier molecular flexibility index (Phi) is 3.95. The SMILES string of the molecule is OC(c1cccc(-c2cc(C3CC(F)C3)c3nonc3c2)c1)C(F)(F)F. The van der Waals surface area contributed by atoms with Crippen LogP contribution < -0.4 is 0 Å². The fourth-order valence-electron chi connectivity index (χ4n) is 3.27. The molecule has 1 atom stereocenters. The Balaban J connectivity index is 1.77. The lowest BCUT2D eigenvalue weighted by molar-refractivity contribution is -0.206. The Bertz CT molecular complexity index is 948. The van der Waals surface area contributed by atoms with Gasteiger partial charge in [0.25, 0.3) is 0 Å². The van der Waals surface area contributed by atoms with Crippen LogP contribution in [-0.2, 0) is 0 Å². The summed E-state index contributed by atoms with van der Waals surface area (Å²) in [5.41, 5.74) is 2.63. The number of hydrogen-bond acceptors (Lipinski definition) is 4. The lowest BCUT2D eigenvalue weighted by atomic mass is 9.77. The second-order valence-corrected chi connectivity index (χ2v) is 6.53. The molecule has 0 amide bonds. The molecule has 1 aliphatic rings. The van der Waals surface area contributed by atoms with Gasteiger partial charge < -0.3 is 5.11 Å². The Morgan fingerprint density at radius 2 is 1.85 bits per heavy atom. The van der Waals surface area contributed by atoms with Crippen LogP contribution in [0.25, 0.3) is 22.2 Å². The topological polar surface area (TPSA) is 59.2 Å². The third-order valence-corrected chi connectivity index (χ3v) is 4.76. The van der Waals surface area contributed by atoms with Gasteiger partial charge in [0.2, 0.25) is 0 Å². The third-order valence-electron chi connectivity index (χ3n) is 4.76. The molecule has 1 saturated carbocycles. The van der Waals surface area contributed by atoms with E-state index in [0.717, 1.165) is 5.56 Å². The number of aliphatic hydroxyl groups is 1. The van der Waals surface area contributed by atoms with Crippen molar-refractivity contribution in [2.24, 2.45) is 0 Å². The van der Waals surface area contributed by atoms with Crippen LogP contribution in [0.2, 0.25) is 0 Å². The van der Waals surface area contributed by atoms with Gasteiger partial charge in [0.1, 0.15) is 17.2 Å². The summed E-state index contributed by atoms with van der Waals surface area (Å²) in [6, 6.07) is 9.03. The van der Waals surface area contributed by atoms with E-state index in [1.165, 1.54) is 18.2 Å². The van der Waals surface area contributed by atoms with Crippen molar-refractivity contribution < 1.29 is 27.3 Å². The van der Waals surface area contributed by atoms with Crippen molar-refractivity contribution in [2.75, 3.05) is 0 Å². The van der Waals surface area contributed by atoms with E-state index in [1.54, 1.807) is 18.2 Å². The standard InChI is InChI=1S/C18H14F4N2O2/c19-13-5-12(6-13)14-7-11(8-15-16(14)24-26-23-15)9-2-1-3-10(4-9)17(25)18(20,21)22/h1-4,7-8,12-13,17,25H,5-6H2. The van der Waals surface area contributed by atoms with Crippen LogP contribution in [0.5, 0.6) is 0 Å².